The largest absolute Gasteiger partial charge is 0.346 e. The summed E-state index contributed by atoms with van der Waals surface area (Å²) in [4.78, 5) is 24.1. The maximum atomic E-state index is 13.0. The van der Waals surface area contributed by atoms with Crippen molar-refractivity contribution in [2.45, 2.75) is 19.4 Å². The molecule has 0 aliphatic heterocycles. The summed E-state index contributed by atoms with van der Waals surface area (Å²) in [6.07, 6.45) is 0. The predicted octanol–water partition coefficient (Wildman–Crippen LogP) is 2.48. The molecule has 0 aliphatic carbocycles. The highest BCUT2D eigenvalue weighted by atomic mass is 19.1. The molecule has 0 unspecified atom stereocenters. The van der Waals surface area contributed by atoms with E-state index in [1.54, 1.807) is 26.0 Å². The molecule has 2 rings (SSSR count). The number of benzene rings is 2. The molecule has 2 aromatic carbocycles. The number of hydrogen-bond donors (Lipinski definition) is 2. The van der Waals surface area contributed by atoms with Gasteiger partial charge in [0.2, 0.25) is 5.91 Å². The van der Waals surface area contributed by atoms with Crippen molar-refractivity contribution in [2.24, 2.45) is 0 Å². The Morgan fingerprint density at radius 1 is 1.08 bits per heavy atom. The average molecular weight is 339 g/mol. The van der Waals surface area contributed by atoms with Gasteiger partial charge in [0, 0.05) is 5.56 Å². The van der Waals surface area contributed by atoms with E-state index in [0.29, 0.717) is 11.1 Å². The summed E-state index contributed by atoms with van der Waals surface area (Å²) < 4.78 is 13.0. The molecule has 25 heavy (non-hydrogen) atoms. The topological polar surface area (TPSA) is 82.0 Å². The van der Waals surface area contributed by atoms with Crippen molar-refractivity contribution < 1.29 is 14.0 Å². The van der Waals surface area contributed by atoms with Gasteiger partial charge in [0.25, 0.3) is 5.91 Å². The fourth-order valence-electron chi connectivity index (χ4n) is 2.29. The molecule has 0 saturated carbocycles. The molecule has 0 spiro atoms. The Hall–Kier alpha value is -3.20. The average Bonchev–Trinajstić information content (AvgIpc) is 2.59. The van der Waals surface area contributed by atoms with E-state index in [1.807, 2.05) is 6.07 Å². The molecular formula is C19H18FN3O2. The maximum absolute atomic E-state index is 13.0. The molecule has 0 aromatic heterocycles. The standard InChI is InChI=1S/C19H18FN3O2/c1-19(2,15-7-9-16(20)10-8-15)23-17(24)12-22-18(25)14-5-3-13(11-21)4-6-14/h3-10H,12H2,1-2H3,(H,22,25)(H,23,24). The van der Waals surface area contributed by atoms with E-state index in [4.69, 9.17) is 5.26 Å². The smallest absolute Gasteiger partial charge is 0.251 e. The third-order valence-electron chi connectivity index (χ3n) is 3.70. The van der Waals surface area contributed by atoms with Crippen LogP contribution < -0.4 is 10.6 Å². The van der Waals surface area contributed by atoms with Crippen LogP contribution in [0.15, 0.2) is 48.5 Å². The summed E-state index contributed by atoms with van der Waals surface area (Å²) in [5, 5.41) is 14.1. The van der Waals surface area contributed by atoms with E-state index < -0.39 is 11.4 Å². The highest BCUT2D eigenvalue weighted by molar-refractivity contribution is 5.96. The first-order valence-corrected chi connectivity index (χ1v) is 7.67. The Morgan fingerprint density at radius 2 is 1.68 bits per heavy atom. The molecule has 0 fully saturated rings. The lowest BCUT2D eigenvalue weighted by Gasteiger charge is -2.27. The lowest BCUT2D eigenvalue weighted by Crippen LogP contribution is -2.45. The Bertz CT molecular complexity index is 806. The van der Waals surface area contributed by atoms with Crippen LogP contribution >= 0.6 is 0 Å². The normalized spacial score (nSPS) is 10.6. The van der Waals surface area contributed by atoms with Gasteiger partial charge in [-0.3, -0.25) is 9.59 Å². The van der Waals surface area contributed by atoms with Crippen LogP contribution in [0.1, 0.15) is 35.3 Å². The molecular weight excluding hydrogens is 321 g/mol. The second-order valence-electron chi connectivity index (χ2n) is 6.05. The van der Waals surface area contributed by atoms with Crippen molar-refractivity contribution in [3.63, 3.8) is 0 Å². The molecule has 0 radical (unpaired) electrons. The van der Waals surface area contributed by atoms with E-state index in [-0.39, 0.29) is 18.3 Å². The Kier molecular flexibility index (Phi) is 5.50. The second-order valence-corrected chi connectivity index (χ2v) is 6.05. The van der Waals surface area contributed by atoms with E-state index in [9.17, 15) is 14.0 Å². The van der Waals surface area contributed by atoms with Crippen molar-refractivity contribution in [3.05, 3.63) is 71.0 Å². The first-order chi connectivity index (χ1) is 11.8. The summed E-state index contributed by atoms with van der Waals surface area (Å²) in [7, 11) is 0. The minimum absolute atomic E-state index is 0.191. The molecule has 128 valence electrons. The lowest BCUT2D eigenvalue weighted by molar-refractivity contribution is -0.121. The molecule has 0 aliphatic rings. The number of amides is 2. The number of carbonyl (C=O) groups excluding carboxylic acids is 2. The molecule has 6 heteroatoms. The van der Waals surface area contributed by atoms with Gasteiger partial charge in [-0.2, -0.15) is 5.26 Å². The molecule has 0 bridgehead atoms. The second kappa shape index (κ2) is 7.58. The molecule has 2 aromatic rings. The highest BCUT2D eigenvalue weighted by Crippen LogP contribution is 2.19. The number of nitrogens with one attached hydrogen (secondary N) is 2. The first-order valence-electron chi connectivity index (χ1n) is 7.67. The van der Waals surface area contributed by atoms with Crippen LogP contribution in [0.4, 0.5) is 4.39 Å². The number of carbonyl (C=O) groups is 2. The number of nitriles is 1. The van der Waals surface area contributed by atoms with Gasteiger partial charge in [0.1, 0.15) is 5.82 Å². The highest BCUT2D eigenvalue weighted by Gasteiger charge is 2.23. The summed E-state index contributed by atoms with van der Waals surface area (Å²) in [6, 6.07) is 13.9. The van der Waals surface area contributed by atoms with Gasteiger partial charge in [0.15, 0.2) is 0 Å². The molecule has 0 heterocycles. The zero-order valence-electron chi connectivity index (χ0n) is 14.0. The van der Waals surface area contributed by atoms with Crippen LogP contribution in [0.5, 0.6) is 0 Å². The van der Waals surface area contributed by atoms with Crippen molar-refractivity contribution in [2.75, 3.05) is 6.54 Å². The lowest BCUT2D eigenvalue weighted by atomic mass is 9.94. The van der Waals surface area contributed by atoms with E-state index in [0.717, 1.165) is 5.56 Å². The zero-order chi connectivity index (χ0) is 18.4. The first kappa shape index (κ1) is 18.1. The van der Waals surface area contributed by atoms with E-state index >= 15 is 0 Å². The SMILES string of the molecule is CC(C)(NC(=O)CNC(=O)c1ccc(C#N)cc1)c1ccc(F)cc1. The van der Waals surface area contributed by atoms with Crippen molar-refractivity contribution in [1.82, 2.24) is 10.6 Å². The molecule has 2 N–H and O–H groups in total. The monoisotopic (exact) mass is 339 g/mol. The summed E-state index contributed by atoms with van der Waals surface area (Å²) >= 11 is 0. The predicted molar refractivity (Wildman–Crippen MR) is 91.1 cm³/mol. The number of hydrogen-bond acceptors (Lipinski definition) is 3. The number of rotatable bonds is 5. The van der Waals surface area contributed by atoms with E-state index in [2.05, 4.69) is 10.6 Å². The van der Waals surface area contributed by atoms with Crippen molar-refractivity contribution >= 4 is 11.8 Å². The number of nitrogens with zero attached hydrogens (tertiary/aromatic N) is 1. The maximum Gasteiger partial charge on any atom is 0.251 e. The van der Waals surface area contributed by atoms with Crippen LogP contribution in [0, 0.1) is 17.1 Å². The van der Waals surface area contributed by atoms with Crippen LogP contribution in [0.3, 0.4) is 0 Å². The Labute approximate surface area is 145 Å². The fraction of sp³-hybridized carbons (Fsp3) is 0.211. The summed E-state index contributed by atoms with van der Waals surface area (Å²) in [6.45, 7) is 3.39. The quantitative estimate of drug-likeness (QED) is 0.878. The van der Waals surface area contributed by atoms with Crippen LogP contribution in [0.25, 0.3) is 0 Å². The van der Waals surface area contributed by atoms with Gasteiger partial charge in [-0.15, -0.1) is 0 Å². The molecule has 2 amide bonds. The van der Waals surface area contributed by atoms with Crippen molar-refractivity contribution in [3.8, 4) is 6.07 Å². The van der Waals surface area contributed by atoms with Crippen LogP contribution in [-0.2, 0) is 10.3 Å². The summed E-state index contributed by atoms with van der Waals surface area (Å²) in [5.41, 5.74) is 0.866. The van der Waals surface area contributed by atoms with Crippen LogP contribution in [-0.4, -0.2) is 18.4 Å². The minimum atomic E-state index is -0.704. The van der Waals surface area contributed by atoms with Gasteiger partial charge < -0.3 is 10.6 Å². The van der Waals surface area contributed by atoms with Gasteiger partial charge >= 0.3 is 0 Å². The molecule has 5 nitrogen and oxygen atoms in total. The third kappa shape index (κ3) is 4.88. The van der Waals surface area contributed by atoms with Crippen molar-refractivity contribution in [1.29, 1.82) is 5.26 Å². The third-order valence-corrected chi connectivity index (χ3v) is 3.70. The summed E-state index contributed by atoms with van der Waals surface area (Å²) in [5.74, 6) is -1.11. The molecule has 0 atom stereocenters. The molecule has 0 saturated heterocycles. The fourth-order valence-corrected chi connectivity index (χ4v) is 2.29. The van der Waals surface area contributed by atoms with Gasteiger partial charge in [-0.25, -0.2) is 4.39 Å². The van der Waals surface area contributed by atoms with Gasteiger partial charge in [-0.1, -0.05) is 12.1 Å². The Balaban J connectivity index is 1.92. The minimum Gasteiger partial charge on any atom is -0.346 e. The van der Waals surface area contributed by atoms with Gasteiger partial charge in [0.05, 0.1) is 23.7 Å². The zero-order valence-corrected chi connectivity index (χ0v) is 14.0. The van der Waals surface area contributed by atoms with Crippen LogP contribution in [0.2, 0.25) is 0 Å². The number of halogens is 1. The van der Waals surface area contributed by atoms with Gasteiger partial charge in [-0.05, 0) is 55.8 Å². The Morgan fingerprint density at radius 3 is 2.24 bits per heavy atom. The van der Waals surface area contributed by atoms with E-state index in [1.165, 1.54) is 36.4 Å².